The summed E-state index contributed by atoms with van der Waals surface area (Å²) < 4.78 is 22.5. The summed E-state index contributed by atoms with van der Waals surface area (Å²) in [5, 5.41) is 4.71. The second-order valence-electron chi connectivity index (χ2n) is 9.07. The first kappa shape index (κ1) is 19.6. The molecule has 144 valence electrons. The molecule has 1 N–H and O–H groups in total. The van der Waals surface area contributed by atoms with E-state index < -0.39 is 8.32 Å². The highest BCUT2D eigenvalue weighted by molar-refractivity contribution is 6.74. The number of halogens is 1. The summed E-state index contributed by atoms with van der Waals surface area (Å²) in [6, 6.07) is 5.19. The number of aromatic nitrogens is 1. The van der Waals surface area contributed by atoms with Gasteiger partial charge in [0.25, 0.3) is 0 Å². The Morgan fingerprint density at radius 2 is 1.92 bits per heavy atom. The van der Waals surface area contributed by atoms with Crippen molar-refractivity contribution in [1.29, 1.82) is 0 Å². The summed E-state index contributed by atoms with van der Waals surface area (Å²) in [7, 11) is -1.74. The summed E-state index contributed by atoms with van der Waals surface area (Å²) in [4.78, 5) is 0. The first-order valence-electron chi connectivity index (χ1n) is 9.82. The van der Waals surface area contributed by atoms with Crippen molar-refractivity contribution in [3.05, 3.63) is 35.8 Å². The summed E-state index contributed by atoms with van der Waals surface area (Å²) in [6.45, 7) is 15.0. The summed E-state index contributed by atoms with van der Waals surface area (Å²) in [5.41, 5.74) is 2.42. The van der Waals surface area contributed by atoms with Crippen LogP contribution in [0.3, 0.4) is 0 Å². The zero-order valence-corrected chi connectivity index (χ0v) is 17.9. The van der Waals surface area contributed by atoms with Gasteiger partial charge in [0.2, 0.25) is 0 Å². The molecule has 0 saturated carbocycles. The Balaban J connectivity index is 1.82. The molecule has 0 radical (unpaired) electrons. The fraction of sp³-hybridized carbons (Fsp3) is 0.619. The minimum absolute atomic E-state index is 0.150. The highest BCUT2D eigenvalue weighted by atomic mass is 28.4. The average Bonchev–Trinajstić information content (AvgIpc) is 2.92. The van der Waals surface area contributed by atoms with Gasteiger partial charge in [-0.15, -0.1) is 0 Å². The van der Waals surface area contributed by atoms with Crippen LogP contribution in [0.1, 0.15) is 45.1 Å². The quantitative estimate of drug-likeness (QED) is 0.720. The molecule has 3 nitrogen and oxygen atoms in total. The van der Waals surface area contributed by atoms with Crippen molar-refractivity contribution < 1.29 is 8.82 Å². The van der Waals surface area contributed by atoms with Gasteiger partial charge >= 0.3 is 0 Å². The lowest BCUT2D eigenvalue weighted by Gasteiger charge is -2.36. The molecule has 1 fully saturated rings. The first-order valence-corrected chi connectivity index (χ1v) is 12.7. The van der Waals surface area contributed by atoms with Crippen molar-refractivity contribution in [3.8, 4) is 0 Å². The summed E-state index contributed by atoms with van der Waals surface area (Å²) in [6.07, 6.45) is 4.49. The maximum Gasteiger partial charge on any atom is 0.192 e. The molecule has 0 bridgehead atoms. The van der Waals surface area contributed by atoms with Crippen LogP contribution in [0.15, 0.2) is 24.4 Å². The van der Waals surface area contributed by atoms with Crippen molar-refractivity contribution in [2.24, 2.45) is 0 Å². The summed E-state index contributed by atoms with van der Waals surface area (Å²) >= 11 is 0. The lowest BCUT2D eigenvalue weighted by atomic mass is 9.90. The second kappa shape index (κ2) is 7.45. The van der Waals surface area contributed by atoms with Crippen LogP contribution in [0.2, 0.25) is 18.1 Å². The molecule has 1 aliphatic heterocycles. The van der Waals surface area contributed by atoms with Gasteiger partial charge in [-0.2, -0.15) is 0 Å². The SMILES string of the molecule is CC(C)(C)[Si](C)(C)OCCn1cc(C2CCNCC2)c2cc(F)ccc21. The molecule has 1 aliphatic rings. The van der Waals surface area contributed by atoms with Crippen LogP contribution in [0.5, 0.6) is 0 Å². The van der Waals surface area contributed by atoms with Crippen LogP contribution in [-0.2, 0) is 11.0 Å². The first-order chi connectivity index (χ1) is 12.2. The highest BCUT2D eigenvalue weighted by Gasteiger charge is 2.36. The van der Waals surface area contributed by atoms with Gasteiger partial charge in [0.15, 0.2) is 8.32 Å². The lowest BCUT2D eigenvalue weighted by molar-refractivity contribution is 0.273. The van der Waals surface area contributed by atoms with Gasteiger partial charge in [-0.3, -0.25) is 0 Å². The van der Waals surface area contributed by atoms with E-state index in [-0.39, 0.29) is 10.9 Å². The average molecular weight is 377 g/mol. The number of nitrogens with zero attached hydrogens (tertiary/aromatic N) is 1. The van der Waals surface area contributed by atoms with E-state index in [1.165, 1.54) is 5.56 Å². The molecule has 0 spiro atoms. The van der Waals surface area contributed by atoms with Crippen LogP contribution in [-0.4, -0.2) is 32.6 Å². The molecule has 0 unspecified atom stereocenters. The Bertz CT molecular complexity index is 757. The van der Waals surface area contributed by atoms with Crippen LogP contribution in [0.25, 0.3) is 10.9 Å². The number of piperidine rings is 1. The third-order valence-corrected chi connectivity index (χ3v) is 10.8. The van der Waals surface area contributed by atoms with Gasteiger partial charge in [-0.25, -0.2) is 4.39 Å². The molecule has 0 amide bonds. The third-order valence-electron chi connectivity index (χ3n) is 6.25. The molecule has 2 aromatic rings. The Morgan fingerprint density at radius 3 is 2.58 bits per heavy atom. The molecular weight excluding hydrogens is 343 g/mol. The minimum Gasteiger partial charge on any atom is -0.415 e. The smallest absolute Gasteiger partial charge is 0.192 e. The number of hydrogen-bond donors (Lipinski definition) is 1. The van der Waals surface area contributed by atoms with Crippen LogP contribution in [0.4, 0.5) is 4.39 Å². The van der Waals surface area contributed by atoms with E-state index in [0.717, 1.165) is 43.4 Å². The standard InChI is InChI=1S/C21H33FN2OSi/c1-21(2,3)26(4,5)25-13-12-24-15-19(16-8-10-23-11-9-16)18-14-17(22)6-7-20(18)24/h6-7,14-16,23H,8-13H2,1-5H3. The monoisotopic (exact) mass is 376 g/mol. The highest BCUT2D eigenvalue weighted by Crippen LogP contribution is 2.37. The molecule has 26 heavy (non-hydrogen) atoms. The Hall–Kier alpha value is -1.17. The fourth-order valence-corrected chi connectivity index (χ4v) is 4.59. The van der Waals surface area contributed by atoms with E-state index in [1.54, 1.807) is 12.1 Å². The summed E-state index contributed by atoms with van der Waals surface area (Å²) in [5.74, 6) is 0.367. The molecular formula is C21H33FN2OSi. The van der Waals surface area contributed by atoms with E-state index in [1.807, 2.05) is 6.07 Å². The number of hydrogen-bond acceptors (Lipinski definition) is 2. The molecule has 3 rings (SSSR count). The van der Waals surface area contributed by atoms with Crippen molar-refractivity contribution in [2.75, 3.05) is 19.7 Å². The molecule has 1 aromatic heterocycles. The van der Waals surface area contributed by atoms with Gasteiger partial charge in [0.1, 0.15) is 5.82 Å². The van der Waals surface area contributed by atoms with E-state index in [2.05, 4.69) is 49.9 Å². The van der Waals surface area contributed by atoms with Gasteiger partial charge in [-0.1, -0.05) is 20.8 Å². The number of nitrogens with one attached hydrogen (secondary N) is 1. The fourth-order valence-electron chi connectivity index (χ4n) is 3.56. The number of fused-ring (bicyclic) bond motifs is 1. The third kappa shape index (κ3) is 4.05. The molecule has 1 saturated heterocycles. The van der Waals surface area contributed by atoms with Gasteiger partial charge < -0.3 is 14.3 Å². The molecule has 1 aromatic carbocycles. The van der Waals surface area contributed by atoms with Crippen LogP contribution >= 0.6 is 0 Å². The maximum atomic E-state index is 13.9. The predicted molar refractivity (Wildman–Crippen MR) is 110 cm³/mol. The maximum absolute atomic E-state index is 13.9. The predicted octanol–water partition coefficient (Wildman–Crippen LogP) is 5.27. The molecule has 0 atom stereocenters. The Morgan fingerprint density at radius 1 is 1.23 bits per heavy atom. The van der Waals surface area contributed by atoms with E-state index in [0.29, 0.717) is 12.5 Å². The zero-order chi connectivity index (χ0) is 18.9. The van der Waals surface area contributed by atoms with E-state index in [4.69, 9.17) is 4.43 Å². The Kier molecular flexibility index (Phi) is 5.61. The van der Waals surface area contributed by atoms with Crippen LogP contribution < -0.4 is 5.32 Å². The number of rotatable bonds is 5. The normalized spacial score (nSPS) is 17.2. The van der Waals surface area contributed by atoms with Gasteiger partial charge in [0.05, 0.1) is 6.61 Å². The minimum atomic E-state index is -1.74. The molecule has 2 heterocycles. The Labute approximate surface area is 158 Å². The second-order valence-corrected chi connectivity index (χ2v) is 13.9. The topological polar surface area (TPSA) is 26.2 Å². The van der Waals surface area contributed by atoms with Gasteiger partial charge in [0, 0.05) is 23.6 Å². The van der Waals surface area contributed by atoms with E-state index >= 15 is 0 Å². The van der Waals surface area contributed by atoms with Crippen molar-refractivity contribution in [3.63, 3.8) is 0 Å². The lowest BCUT2D eigenvalue weighted by Crippen LogP contribution is -2.41. The molecule has 5 heteroatoms. The van der Waals surface area contributed by atoms with Crippen molar-refractivity contribution >= 4 is 19.2 Å². The van der Waals surface area contributed by atoms with Gasteiger partial charge in [-0.05, 0) is 73.7 Å². The van der Waals surface area contributed by atoms with E-state index in [9.17, 15) is 4.39 Å². The largest absolute Gasteiger partial charge is 0.415 e. The van der Waals surface area contributed by atoms with Crippen molar-refractivity contribution in [1.82, 2.24) is 9.88 Å². The zero-order valence-electron chi connectivity index (χ0n) is 16.9. The van der Waals surface area contributed by atoms with Crippen LogP contribution in [0, 0.1) is 5.82 Å². The number of benzene rings is 1. The van der Waals surface area contributed by atoms with Crippen molar-refractivity contribution in [2.45, 2.75) is 64.2 Å². The molecule has 0 aliphatic carbocycles.